The average Bonchev–Trinajstić information content (AvgIpc) is 2.34. The summed E-state index contributed by atoms with van der Waals surface area (Å²) in [6.07, 6.45) is 3.03. The largest absolute Gasteiger partial charge is 0.356 e. The molecule has 4 heteroatoms. The molecule has 0 radical (unpaired) electrons. The van der Waals surface area contributed by atoms with Gasteiger partial charge in [-0.1, -0.05) is 19.1 Å². The van der Waals surface area contributed by atoms with Crippen LogP contribution in [0.15, 0.2) is 24.3 Å². The van der Waals surface area contributed by atoms with Crippen LogP contribution in [0.2, 0.25) is 0 Å². The van der Waals surface area contributed by atoms with Gasteiger partial charge in [0.1, 0.15) is 5.82 Å². The molecule has 3 N–H and O–H groups in total. The Hall–Kier alpha value is -1.42. The van der Waals surface area contributed by atoms with E-state index in [1.165, 1.54) is 12.1 Å². The zero-order chi connectivity index (χ0) is 14.1. The van der Waals surface area contributed by atoms with Gasteiger partial charge in [0.2, 0.25) is 5.91 Å². The van der Waals surface area contributed by atoms with Gasteiger partial charge in [0, 0.05) is 13.0 Å². The quantitative estimate of drug-likeness (QED) is 0.709. The minimum absolute atomic E-state index is 0.0564. The first-order valence-corrected chi connectivity index (χ1v) is 6.83. The highest BCUT2D eigenvalue weighted by molar-refractivity contribution is 5.76. The van der Waals surface area contributed by atoms with Gasteiger partial charge in [-0.15, -0.1) is 0 Å². The van der Waals surface area contributed by atoms with Crippen LogP contribution in [-0.2, 0) is 11.2 Å². The van der Waals surface area contributed by atoms with Crippen LogP contribution in [0.5, 0.6) is 0 Å². The van der Waals surface area contributed by atoms with Crippen LogP contribution in [-0.4, -0.2) is 19.0 Å². The molecule has 0 aromatic heterocycles. The Morgan fingerprint density at radius 1 is 1.42 bits per heavy atom. The molecule has 0 saturated heterocycles. The third-order valence-corrected chi connectivity index (χ3v) is 2.96. The summed E-state index contributed by atoms with van der Waals surface area (Å²) in [5.41, 5.74) is 6.31. The number of carbonyl (C=O) groups excluding carboxylic acids is 1. The lowest BCUT2D eigenvalue weighted by Gasteiger charge is -2.11. The Bertz CT molecular complexity index is 395. The van der Waals surface area contributed by atoms with Gasteiger partial charge in [-0.2, -0.15) is 0 Å². The number of amides is 1. The molecular weight excluding hydrogens is 243 g/mol. The summed E-state index contributed by atoms with van der Waals surface area (Å²) in [7, 11) is 0. The van der Waals surface area contributed by atoms with E-state index in [9.17, 15) is 9.18 Å². The van der Waals surface area contributed by atoms with E-state index in [-0.39, 0.29) is 17.6 Å². The molecule has 0 aliphatic carbocycles. The molecule has 106 valence electrons. The molecule has 0 bridgehead atoms. The van der Waals surface area contributed by atoms with Gasteiger partial charge in [0.25, 0.3) is 0 Å². The number of nitrogens with two attached hydrogens (primary N) is 1. The lowest BCUT2D eigenvalue weighted by Crippen LogP contribution is -2.26. The zero-order valence-corrected chi connectivity index (χ0v) is 11.5. The van der Waals surface area contributed by atoms with Crippen molar-refractivity contribution in [2.75, 3.05) is 13.1 Å². The highest BCUT2D eigenvalue weighted by Crippen LogP contribution is 2.12. The molecule has 0 saturated carbocycles. The lowest BCUT2D eigenvalue weighted by atomic mass is 9.98. The van der Waals surface area contributed by atoms with E-state index in [1.807, 2.05) is 13.0 Å². The Balaban J connectivity index is 2.26. The van der Waals surface area contributed by atoms with E-state index in [4.69, 9.17) is 5.73 Å². The summed E-state index contributed by atoms with van der Waals surface area (Å²) in [6.45, 7) is 3.35. The fourth-order valence-electron chi connectivity index (χ4n) is 2.02. The van der Waals surface area contributed by atoms with Crippen LogP contribution in [0.3, 0.4) is 0 Å². The van der Waals surface area contributed by atoms with Crippen LogP contribution in [0.25, 0.3) is 0 Å². The molecule has 1 aromatic carbocycles. The number of rotatable bonds is 8. The maximum absolute atomic E-state index is 13.0. The molecular formula is C15H23FN2O. The van der Waals surface area contributed by atoms with Crippen molar-refractivity contribution in [3.05, 3.63) is 35.6 Å². The first-order chi connectivity index (χ1) is 9.11. The van der Waals surface area contributed by atoms with E-state index < -0.39 is 0 Å². The number of unbranched alkanes of at least 4 members (excludes halogenated alkanes) is 1. The molecule has 1 amide bonds. The third kappa shape index (κ3) is 6.91. The molecule has 1 atom stereocenters. The predicted octanol–water partition coefficient (Wildman–Crippen LogP) is 2.25. The van der Waals surface area contributed by atoms with Gasteiger partial charge in [0.15, 0.2) is 0 Å². The van der Waals surface area contributed by atoms with E-state index >= 15 is 0 Å². The van der Waals surface area contributed by atoms with Crippen molar-refractivity contribution < 1.29 is 9.18 Å². The monoisotopic (exact) mass is 266 g/mol. The summed E-state index contributed by atoms with van der Waals surface area (Å²) in [6, 6.07) is 6.54. The minimum Gasteiger partial charge on any atom is -0.356 e. The molecule has 1 aromatic rings. The topological polar surface area (TPSA) is 55.1 Å². The summed E-state index contributed by atoms with van der Waals surface area (Å²) in [4.78, 5) is 11.7. The normalized spacial score (nSPS) is 12.2. The fourth-order valence-corrected chi connectivity index (χ4v) is 2.02. The Labute approximate surface area is 114 Å². The summed E-state index contributed by atoms with van der Waals surface area (Å²) in [5.74, 6) is 0.0353. The van der Waals surface area contributed by atoms with Crippen LogP contribution >= 0.6 is 0 Å². The van der Waals surface area contributed by atoms with Crippen molar-refractivity contribution in [1.82, 2.24) is 5.32 Å². The lowest BCUT2D eigenvalue weighted by molar-refractivity contribution is -0.121. The molecule has 0 spiro atoms. The third-order valence-electron chi connectivity index (χ3n) is 2.96. The van der Waals surface area contributed by atoms with Gasteiger partial charge in [-0.25, -0.2) is 4.39 Å². The second-order valence-electron chi connectivity index (χ2n) is 4.99. The molecule has 0 aliphatic heterocycles. The minimum atomic E-state index is -0.226. The van der Waals surface area contributed by atoms with Crippen LogP contribution in [0.4, 0.5) is 4.39 Å². The van der Waals surface area contributed by atoms with E-state index in [0.29, 0.717) is 25.9 Å². The van der Waals surface area contributed by atoms with E-state index in [0.717, 1.165) is 18.4 Å². The number of halogens is 1. The van der Waals surface area contributed by atoms with Crippen molar-refractivity contribution in [1.29, 1.82) is 0 Å². The van der Waals surface area contributed by atoms with Crippen LogP contribution < -0.4 is 11.1 Å². The molecule has 1 rings (SSSR count). The van der Waals surface area contributed by atoms with Gasteiger partial charge >= 0.3 is 0 Å². The number of hydrogen-bond donors (Lipinski definition) is 2. The van der Waals surface area contributed by atoms with Gasteiger partial charge in [0.05, 0.1) is 0 Å². The SMILES string of the molecule is CC(CC(=O)NCCCCN)Cc1cccc(F)c1. The van der Waals surface area contributed by atoms with Crippen molar-refractivity contribution >= 4 is 5.91 Å². The Kier molecular flexibility index (Phi) is 7.11. The fraction of sp³-hybridized carbons (Fsp3) is 0.533. The zero-order valence-electron chi connectivity index (χ0n) is 11.5. The maximum atomic E-state index is 13.0. The van der Waals surface area contributed by atoms with Crippen molar-refractivity contribution in [2.45, 2.75) is 32.6 Å². The first-order valence-electron chi connectivity index (χ1n) is 6.83. The second kappa shape index (κ2) is 8.64. The van der Waals surface area contributed by atoms with Crippen LogP contribution in [0, 0.1) is 11.7 Å². The van der Waals surface area contributed by atoms with Crippen molar-refractivity contribution in [3.8, 4) is 0 Å². The average molecular weight is 266 g/mol. The molecule has 19 heavy (non-hydrogen) atoms. The summed E-state index contributed by atoms with van der Waals surface area (Å²) >= 11 is 0. The number of benzene rings is 1. The molecule has 3 nitrogen and oxygen atoms in total. The Morgan fingerprint density at radius 3 is 2.89 bits per heavy atom. The van der Waals surface area contributed by atoms with Gasteiger partial charge in [-0.05, 0) is 49.4 Å². The van der Waals surface area contributed by atoms with Crippen molar-refractivity contribution in [2.24, 2.45) is 11.7 Å². The number of hydrogen-bond acceptors (Lipinski definition) is 2. The number of nitrogens with one attached hydrogen (secondary N) is 1. The summed E-state index contributed by atoms with van der Waals surface area (Å²) < 4.78 is 13.0. The Morgan fingerprint density at radius 2 is 2.21 bits per heavy atom. The summed E-state index contributed by atoms with van der Waals surface area (Å²) in [5, 5.41) is 2.88. The molecule has 0 heterocycles. The maximum Gasteiger partial charge on any atom is 0.220 e. The predicted molar refractivity (Wildman–Crippen MR) is 75.2 cm³/mol. The van der Waals surface area contributed by atoms with E-state index in [2.05, 4.69) is 5.32 Å². The first kappa shape index (κ1) is 15.6. The smallest absolute Gasteiger partial charge is 0.220 e. The second-order valence-corrected chi connectivity index (χ2v) is 4.99. The van der Waals surface area contributed by atoms with Gasteiger partial charge < -0.3 is 11.1 Å². The standard InChI is InChI=1S/C15H23FN2O/c1-12(9-13-5-4-6-14(16)11-13)10-15(19)18-8-3-2-7-17/h4-6,11-12H,2-3,7-10,17H2,1H3,(H,18,19). The highest BCUT2D eigenvalue weighted by Gasteiger charge is 2.09. The van der Waals surface area contributed by atoms with E-state index in [1.54, 1.807) is 6.07 Å². The number of carbonyl (C=O) groups is 1. The molecule has 0 fully saturated rings. The molecule has 1 unspecified atom stereocenters. The van der Waals surface area contributed by atoms with Crippen LogP contribution in [0.1, 0.15) is 31.7 Å². The highest BCUT2D eigenvalue weighted by atomic mass is 19.1. The molecule has 0 aliphatic rings. The van der Waals surface area contributed by atoms with Crippen molar-refractivity contribution in [3.63, 3.8) is 0 Å². The van der Waals surface area contributed by atoms with Gasteiger partial charge in [-0.3, -0.25) is 4.79 Å².